The first kappa shape index (κ1) is 19.2. The second kappa shape index (κ2) is 7.39. The predicted molar refractivity (Wildman–Crippen MR) is 101 cm³/mol. The van der Waals surface area contributed by atoms with Crippen molar-refractivity contribution in [3.05, 3.63) is 22.2 Å². The van der Waals surface area contributed by atoms with Crippen molar-refractivity contribution in [1.82, 2.24) is 10.3 Å². The summed E-state index contributed by atoms with van der Waals surface area (Å²) in [6.45, 7) is 10.3. The van der Waals surface area contributed by atoms with Crippen LogP contribution in [0.25, 0.3) is 10.2 Å². The molecule has 2 rings (SSSR count). The van der Waals surface area contributed by atoms with Crippen molar-refractivity contribution in [3.63, 3.8) is 0 Å². The maximum Gasteiger partial charge on any atom is 0.351 e. The van der Waals surface area contributed by atoms with Crippen molar-refractivity contribution in [2.45, 2.75) is 41.0 Å². The number of ether oxygens (including phenoxy) is 1. The molecule has 0 aliphatic carbocycles. The summed E-state index contributed by atoms with van der Waals surface area (Å²) in [6, 6.07) is 1.92. The van der Waals surface area contributed by atoms with Gasteiger partial charge >= 0.3 is 5.97 Å². The molecule has 3 N–H and O–H groups in total. The van der Waals surface area contributed by atoms with E-state index in [-0.39, 0.29) is 17.9 Å². The van der Waals surface area contributed by atoms with Crippen molar-refractivity contribution in [3.8, 4) is 0 Å². The van der Waals surface area contributed by atoms with Crippen LogP contribution in [0.15, 0.2) is 6.07 Å². The molecule has 0 saturated heterocycles. The van der Waals surface area contributed by atoms with Crippen LogP contribution in [-0.2, 0) is 9.53 Å². The number of thiophene rings is 1. The molecule has 25 heavy (non-hydrogen) atoms. The van der Waals surface area contributed by atoms with Gasteiger partial charge in [0.05, 0.1) is 5.69 Å². The van der Waals surface area contributed by atoms with Crippen molar-refractivity contribution in [2.75, 3.05) is 18.9 Å². The number of aromatic nitrogens is 1. The van der Waals surface area contributed by atoms with Crippen LogP contribution >= 0.6 is 11.3 Å². The summed E-state index contributed by atoms with van der Waals surface area (Å²) < 4.78 is 5.10. The minimum absolute atomic E-state index is 0.137. The molecule has 0 unspecified atom stereocenters. The summed E-state index contributed by atoms with van der Waals surface area (Å²) >= 11 is 1.19. The molecule has 0 aliphatic rings. The van der Waals surface area contributed by atoms with Gasteiger partial charge in [0.15, 0.2) is 6.61 Å². The number of hydrogen-bond donors (Lipinski definition) is 2. The third-order valence-corrected chi connectivity index (χ3v) is 4.82. The Hall–Kier alpha value is -2.15. The Kier molecular flexibility index (Phi) is 5.67. The van der Waals surface area contributed by atoms with E-state index in [9.17, 15) is 9.59 Å². The molecule has 1 amide bonds. The fourth-order valence-corrected chi connectivity index (χ4v) is 3.56. The van der Waals surface area contributed by atoms with E-state index >= 15 is 0 Å². The van der Waals surface area contributed by atoms with Gasteiger partial charge in [0.25, 0.3) is 5.91 Å². The highest BCUT2D eigenvalue weighted by molar-refractivity contribution is 7.21. The number of amides is 1. The van der Waals surface area contributed by atoms with E-state index in [2.05, 4.69) is 31.1 Å². The summed E-state index contributed by atoms with van der Waals surface area (Å²) in [5.41, 5.74) is 8.43. The van der Waals surface area contributed by atoms with Crippen LogP contribution in [-0.4, -0.2) is 30.0 Å². The van der Waals surface area contributed by atoms with Gasteiger partial charge in [-0.25, -0.2) is 9.78 Å². The summed E-state index contributed by atoms with van der Waals surface area (Å²) in [5.74, 6) is -0.911. The number of esters is 1. The number of nitrogens with two attached hydrogens (primary N) is 1. The first-order valence-corrected chi connectivity index (χ1v) is 9.00. The van der Waals surface area contributed by atoms with E-state index in [0.29, 0.717) is 21.9 Å². The molecular weight excluding hydrogens is 338 g/mol. The Morgan fingerprint density at radius 3 is 2.64 bits per heavy atom. The normalized spacial score (nSPS) is 11.6. The number of nitrogen functional groups attached to an aromatic ring is 1. The van der Waals surface area contributed by atoms with E-state index in [1.165, 1.54) is 11.3 Å². The lowest BCUT2D eigenvalue weighted by molar-refractivity contribution is -0.124. The zero-order chi connectivity index (χ0) is 18.8. The molecule has 7 heteroatoms. The zero-order valence-electron chi connectivity index (χ0n) is 15.4. The van der Waals surface area contributed by atoms with Crippen LogP contribution in [0.5, 0.6) is 0 Å². The molecule has 136 valence electrons. The molecule has 2 heterocycles. The van der Waals surface area contributed by atoms with Gasteiger partial charge in [0.2, 0.25) is 0 Å². The highest BCUT2D eigenvalue weighted by Crippen LogP contribution is 2.35. The Balaban J connectivity index is 2.00. The number of carbonyl (C=O) groups is 2. The number of anilines is 1. The number of rotatable bonds is 5. The van der Waals surface area contributed by atoms with E-state index in [0.717, 1.165) is 23.1 Å². The van der Waals surface area contributed by atoms with Crippen molar-refractivity contribution >= 4 is 39.1 Å². The fourth-order valence-electron chi connectivity index (χ4n) is 2.45. The van der Waals surface area contributed by atoms with Crippen molar-refractivity contribution in [2.24, 2.45) is 5.41 Å². The van der Waals surface area contributed by atoms with Crippen LogP contribution in [0, 0.1) is 19.3 Å². The molecule has 0 bridgehead atoms. The topological polar surface area (TPSA) is 94.3 Å². The molecule has 0 fully saturated rings. The smallest absolute Gasteiger partial charge is 0.351 e. The van der Waals surface area contributed by atoms with Gasteiger partial charge in [0.1, 0.15) is 9.71 Å². The number of nitrogens with zero attached hydrogens (tertiary/aromatic N) is 1. The van der Waals surface area contributed by atoms with Gasteiger partial charge in [-0.3, -0.25) is 4.79 Å². The summed E-state index contributed by atoms with van der Waals surface area (Å²) in [6.07, 6.45) is 0.847. The number of hydrogen-bond acceptors (Lipinski definition) is 6. The van der Waals surface area contributed by atoms with Crippen LogP contribution in [0.1, 0.15) is 48.1 Å². The minimum Gasteiger partial charge on any atom is -0.451 e. The molecule has 6 nitrogen and oxygen atoms in total. The van der Waals surface area contributed by atoms with E-state index in [1.54, 1.807) is 0 Å². The van der Waals surface area contributed by atoms with Crippen molar-refractivity contribution in [1.29, 1.82) is 0 Å². The van der Waals surface area contributed by atoms with E-state index in [1.807, 2.05) is 19.9 Å². The zero-order valence-corrected chi connectivity index (χ0v) is 16.2. The summed E-state index contributed by atoms with van der Waals surface area (Å²) in [7, 11) is 0. The van der Waals surface area contributed by atoms with Gasteiger partial charge in [-0.15, -0.1) is 11.3 Å². The number of carbonyl (C=O) groups excluding carboxylic acids is 2. The second-order valence-electron chi connectivity index (χ2n) is 7.34. The van der Waals surface area contributed by atoms with E-state index in [4.69, 9.17) is 10.5 Å². The van der Waals surface area contributed by atoms with Crippen LogP contribution in [0.2, 0.25) is 0 Å². The Bertz CT molecular complexity index is 806. The molecule has 2 aromatic rings. The van der Waals surface area contributed by atoms with E-state index < -0.39 is 5.97 Å². The lowest BCUT2D eigenvalue weighted by atomic mass is 9.92. The number of nitrogens with one attached hydrogen (secondary N) is 1. The molecule has 0 radical (unpaired) electrons. The number of aryl methyl sites for hydroxylation is 2. The SMILES string of the molecule is Cc1cc(C)c2c(N)c(C(=O)OCC(=O)NCCC(C)(C)C)sc2n1. The second-order valence-corrected chi connectivity index (χ2v) is 8.34. The molecule has 0 spiro atoms. The molecule has 0 aromatic carbocycles. The lowest BCUT2D eigenvalue weighted by Gasteiger charge is -2.17. The van der Waals surface area contributed by atoms with Gasteiger partial charge in [-0.1, -0.05) is 20.8 Å². The highest BCUT2D eigenvalue weighted by Gasteiger charge is 2.21. The maximum absolute atomic E-state index is 12.3. The minimum atomic E-state index is -0.594. The Morgan fingerprint density at radius 1 is 1.32 bits per heavy atom. The van der Waals surface area contributed by atoms with Gasteiger partial charge in [-0.2, -0.15) is 0 Å². The standard InChI is InChI=1S/C18H25N3O3S/c1-10-8-11(2)21-16-13(10)14(19)15(25-16)17(23)24-9-12(22)20-7-6-18(3,4)5/h8H,6-7,9,19H2,1-5H3,(H,20,22). The maximum atomic E-state index is 12.3. The first-order chi connectivity index (χ1) is 11.6. The number of pyridine rings is 1. The van der Waals surface area contributed by atoms with Gasteiger partial charge in [-0.05, 0) is 37.3 Å². The molecule has 2 aromatic heterocycles. The van der Waals surface area contributed by atoms with Crippen LogP contribution < -0.4 is 11.1 Å². The number of fused-ring (bicyclic) bond motifs is 1. The molecule has 0 saturated carbocycles. The largest absolute Gasteiger partial charge is 0.451 e. The van der Waals surface area contributed by atoms with Gasteiger partial charge < -0.3 is 15.8 Å². The highest BCUT2D eigenvalue weighted by atomic mass is 32.1. The third kappa shape index (κ3) is 4.92. The molecule has 0 atom stereocenters. The quantitative estimate of drug-likeness (QED) is 0.796. The predicted octanol–water partition coefficient (Wildman–Crippen LogP) is 3.20. The lowest BCUT2D eigenvalue weighted by Crippen LogP contribution is -2.31. The van der Waals surface area contributed by atoms with Crippen LogP contribution in [0.3, 0.4) is 0 Å². The fraction of sp³-hybridized carbons (Fsp3) is 0.500. The summed E-state index contributed by atoms with van der Waals surface area (Å²) in [4.78, 5) is 29.5. The van der Waals surface area contributed by atoms with Crippen LogP contribution in [0.4, 0.5) is 5.69 Å². The molecular formula is C18H25N3O3S. The monoisotopic (exact) mass is 363 g/mol. The summed E-state index contributed by atoms with van der Waals surface area (Å²) in [5, 5.41) is 3.52. The average molecular weight is 363 g/mol. The van der Waals surface area contributed by atoms with Gasteiger partial charge in [0, 0.05) is 17.6 Å². The third-order valence-electron chi connectivity index (χ3n) is 3.74. The Labute approximate surface area is 151 Å². The molecule has 0 aliphatic heterocycles. The average Bonchev–Trinajstić information content (AvgIpc) is 2.80. The van der Waals surface area contributed by atoms with Crippen molar-refractivity contribution < 1.29 is 14.3 Å². The first-order valence-electron chi connectivity index (χ1n) is 8.18. The Morgan fingerprint density at radius 2 is 2.00 bits per heavy atom.